The molecule has 24 heavy (non-hydrogen) atoms. The van der Waals surface area contributed by atoms with Crippen molar-refractivity contribution in [1.29, 1.82) is 0 Å². The number of hydrogen-bond donors (Lipinski definition) is 4. The second kappa shape index (κ2) is 11.1. The van der Waals surface area contributed by atoms with Gasteiger partial charge in [-0.05, 0) is 43.9 Å². The molecular weight excluding hydrogens is 419 g/mol. The van der Waals surface area contributed by atoms with E-state index in [-0.39, 0.29) is 35.9 Å². The number of aliphatic imine (C=N–C) groups is 1. The van der Waals surface area contributed by atoms with Crippen LogP contribution in [-0.2, 0) is 11.2 Å². The third-order valence-corrected chi connectivity index (χ3v) is 3.78. The molecule has 1 aromatic rings. The zero-order chi connectivity index (χ0) is 16.5. The van der Waals surface area contributed by atoms with Crippen LogP contribution in [0.4, 0.5) is 0 Å². The molecule has 0 aromatic heterocycles. The van der Waals surface area contributed by atoms with E-state index in [1.807, 2.05) is 19.1 Å². The van der Waals surface area contributed by atoms with Gasteiger partial charge in [-0.2, -0.15) is 0 Å². The summed E-state index contributed by atoms with van der Waals surface area (Å²) in [6, 6.07) is 7.53. The van der Waals surface area contributed by atoms with Gasteiger partial charge in [-0.1, -0.05) is 12.1 Å². The van der Waals surface area contributed by atoms with E-state index in [0.29, 0.717) is 18.7 Å². The lowest BCUT2D eigenvalue weighted by Crippen LogP contribution is -2.51. The number of aromatic hydroxyl groups is 1. The number of phenolic OH excluding ortho intramolecular Hbond substituents is 1. The van der Waals surface area contributed by atoms with E-state index in [1.165, 1.54) is 5.56 Å². The van der Waals surface area contributed by atoms with Crippen molar-refractivity contribution in [2.75, 3.05) is 19.6 Å². The van der Waals surface area contributed by atoms with E-state index in [0.717, 1.165) is 38.3 Å². The number of aryl methyl sites for hydroxylation is 1. The Balaban J connectivity index is 0.00000288. The van der Waals surface area contributed by atoms with Gasteiger partial charge in [-0.15, -0.1) is 24.0 Å². The van der Waals surface area contributed by atoms with Crippen LogP contribution in [0.2, 0.25) is 0 Å². The molecule has 1 atom stereocenters. The van der Waals surface area contributed by atoms with Gasteiger partial charge in [0.2, 0.25) is 5.91 Å². The summed E-state index contributed by atoms with van der Waals surface area (Å²) >= 11 is 0. The summed E-state index contributed by atoms with van der Waals surface area (Å²) in [6.07, 6.45) is 3.28. The molecule has 0 saturated carbocycles. The van der Waals surface area contributed by atoms with Crippen LogP contribution in [0.3, 0.4) is 0 Å². The van der Waals surface area contributed by atoms with E-state index < -0.39 is 0 Å². The largest absolute Gasteiger partial charge is 0.508 e. The highest BCUT2D eigenvalue weighted by atomic mass is 127. The molecule has 0 aliphatic carbocycles. The smallest absolute Gasteiger partial charge is 0.220 e. The van der Waals surface area contributed by atoms with Gasteiger partial charge in [0.1, 0.15) is 5.75 Å². The van der Waals surface area contributed by atoms with Crippen LogP contribution in [0, 0.1) is 0 Å². The Morgan fingerprint density at radius 1 is 1.38 bits per heavy atom. The number of rotatable bonds is 6. The van der Waals surface area contributed by atoms with E-state index in [9.17, 15) is 9.90 Å². The van der Waals surface area contributed by atoms with Crippen molar-refractivity contribution in [2.24, 2.45) is 4.99 Å². The first-order valence-corrected chi connectivity index (χ1v) is 8.27. The minimum Gasteiger partial charge on any atom is -0.508 e. The average Bonchev–Trinajstić information content (AvgIpc) is 2.55. The first-order valence-electron chi connectivity index (χ1n) is 8.27. The quantitative estimate of drug-likeness (QED) is 0.232. The zero-order valence-corrected chi connectivity index (χ0v) is 16.4. The molecule has 1 saturated heterocycles. The Labute approximate surface area is 160 Å². The Kier molecular flexibility index (Phi) is 9.51. The van der Waals surface area contributed by atoms with Crippen molar-refractivity contribution < 1.29 is 9.90 Å². The molecule has 1 aliphatic heterocycles. The summed E-state index contributed by atoms with van der Waals surface area (Å²) < 4.78 is 0. The Bertz CT molecular complexity index is 524. The lowest BCUT2D eigenvalue weighted by atomic mass is 10.1. The number of phenols is 1. The van der Waals surface area contributed by atoms with E-state index >= 15 is 0 Å². The molecule has 1 amide bonds. The van der Waals surface area contributed by atoms with Gasteiger partial charge >= 0.3 is 0 Å². The maximum Gasteiger partial charge on any atom is 0.220 e. The van der Waals surface area contributed by atoms with Gasteiger partial charge in [-0.25, -0.2) is 0 Å². The first-order chi connectivity index (χ1) is 11.2. The van der Waals surface area contributed by atoms with Crippen molar-refractivity contribution in [3.05, 3.63) is 29.8 Å². The van der Waals surface area contributed by atoms with E-state index in [2.05, 4.69) is 20.9 Å². The number of guanidine groups is 1. The number of benzene rings is 1. The second-order valence-corrected chi connectivity index (χ2v) is 5.71. The van der Waals surface area contributed by atoms with Gasteiger partial charge in [0.15, 0.2) is 5.96 Å². The average molecular weight is 446 g/mol. The predicted octanol–water partition coefficient (Wildman–Crippen LogP) is 1.78. The lowest BCUT2D eigenvalue weighted by Gasteiger charge is -2.25. The third kappa shape index (κ3) is 7.37. The van der Waals surface area contributed by atoms with Crippen LogP contribution in [-0.4, -0.2) is 42.6 Å². The molecular formula is C17H27IN4O2. The SMILES string of the molecule is CCNC(=NCCCc1ccc(O)cc1)NC1CCC(=O)NC1.I. The topological polar surface area (TPSA) is 85.8 Å². The van der Waals surface area contributed by atoms with Crippen molar-refractivity contribution in [2.45, 2.75) is 38.6 Å². The van der Waals surface area contributed by atoms with Crippen LogP contribution in [0.15, 0.2) is 29.3 Å². The first kappa shape index (κ1) is 20.5. The Morgan fingerprint density at radius 3 is 2.75 bits per heavy atom. The second-order valence-electron chi connectivity index (χ2n) is 5.71. The molecule has 0 bridgehead atoms. The fraction of sp³-hybridized carbons (Fsp3) is 0.529. The highest BCUT2D eigenvalue weighted by Gasteiger charge is 2.18. The van der Waals surface area contributed by atoms with Gasteiger partial charge in [0.05, 0.1) is 0 Å². The monoisotopic (exact) mass is 446 g/mol. The fourth-order valence-electron chi connectivity index (χ4n) is 2.51. The molecule has 1 aromatic carbocycles. The molecule has 7 heteroatoms. The predicted molar refractivity (Wildman–Crippen MR) is 107 cm³/mol. The van der Waals surface area contributed by atoms with Gasteiger partial charge in [0, 0.05) is 32.1 Å². The molecule has 0 radical (unpaired) electrons. The van der Waals surface area contributed by atoms with Crippen LogP contribution in [0.25, 0.3) is 0 Å². The number of amides is 1. The van der Waals surface area contributed by atoms with Crippen LogP contribution in [0.5, 0.6) is 5.75 Å². The molecule has 134 valence electrons. The number of nitrogens with zero attached hydrogens (tertiary/aromatic N) is 1. The standard InChI is InChI=1S/C17H26N4O2.HI/c1-2-18-17(21-14-7-10-16(23)20-12-14)19-11-3-4-13-5-8-15(22)9-6-13;/h5-6,8-9,14,22H,2-4,7,10-12H2,1H3,(H,20,23)(H2,18,19,21);1H. The number of piperidine rings is 1. The zero-order valence-electron chi connectivity index (χ0n) is 14.0. The third-order valence-electron chi connectivity index (χ3n) is 3.78. The highest BCUT2D eigenvalue weighted by molar-refractivity contribution is 14.0. The van der Waals surface area contributed by atoms with Crippen molar-refractivity contribution >= 4 is 35.8 Å². The van der Waals surface area contributed by atoms with Crippen molar-refractivity contribution in [1.82, 2.24) is 16.0 Å². The fourth-order valence-corrected chi connectivity index (χ4v) is 2.51. The number of carbonyl (C=O) groups excluding carboxylic acids is 1. The van der Waals surface area contributed by atoms with Crippen LogP contribution < -0.4 is 16.0 Å². The van der Waals surface area contributed by atoms with Gasteiger partial charge < -0.3 is 21.1 Å². The summed E-state index contributed by atoms with van der Waals surface area (Å²) in [5.74, 6) is 1.23. The molecule has 4 N–H and O–H groups in total. The molecule has 1 unspecified atom stereocenters. The molecule has 1 aliphatic rings. The Morgan fingerprint density at radius 2 is 2.12 bits per heavy atom. The summed E-state index contributed by atoms with van der Waals surface area (Å²) in [5, 5.41) is 18.8. The number of carbonyl (C=O) groups is 1. The van der Waals surface area contributed by atoms with E-state index in [4.69, 9.17) is 0 Å². The minimum absolute atomic E-state index is 0. The Hall–Kier alpha value is -1.51. The van der Waals surface area contributed by atoms with Gasteiger partial charge in [-0.3, -0.25) is 9.79 Å². The lowest BCUT2D eigenvalue weighted by molar-refractivity contribution is -0.122. The summed E-state index contributed by atoms with van der Waals surface area (Å²) in [7, 11) is 0. The van der Waals surface area contributed by atoms with E-state index in [1.54, 1.807) is 12.1 Å². The van der Waals surface area contributed by atoms with Crippen molar-refractivity contribution in [3.63, 3.8) is 0 Å². The number of nitrogens with one attached hydrogen (secondary N) is 3. The minimum atomic E-state index is 0. The summed E-state index contributed by atoms with van der Waals surface area (Å²) in [4.78, 5) is 15.8. The molecule has 2 rings (SSSR count). The normalized spacial score (nSPS) is 17.6. The maximum absolute atomic E-state index is 11.2. The molecule has 1 heterocycles. The summed E-state index contributed by atoms with van der Waals surface area (Å²) in [5.41, 5.74) is 1.20. The van der Waals surface area contributed by atoms with Crippen LogP contribution in [0.1, 0.15) is 31.7 Å². The summed E-state index contributed by atoms with van der Waals surface area (Å²) in [6.45, 7) is 4.23. The van der Waals surface area contributed by atoms with Crippen LogP contribution >= 0.6 is 24.0 Å². The number of halogens is 1. The highest BCUT2D eigenvalue weighted by Crippen LogP contribution is 2.11. The number of hydrogen-bond acceptors (Lipinski definition) is 3. The van der Waals surface area contributed by atoms with Gasteiger partial charge in [0.25, 0.3) is 0 Å². The molecule has 6 nitrogen and oxygen atoms in total. The molecule has 1 fully saturated rings. The molecule has 0 spiro atoms. The maximum atomic E-state index is 11.2. The van der Waals surface area contributed by atoms with Crippen molar-refractivity contribution in [3.8, 4) is 5.75 Å².